The van der Waals surface area contributed by atoms with Crippen molar-refractivity contribution in [1.82, 2.24) is 0 Å². The molecular formula is C15H24N2O2. The van der Waals surface area contributed by atoms with Crippen molar-refractivity contribution in [3.8, 4) is 11.5 Å². The van der Waals surface area contributed by atoms with Crippen molar-refractivity contribution in [3.05, 3.63) is 12.1 Å². The Labute approximate surface area is 115 Å². The second-order valence-electron chi connectivity index (χ2n) is 5.16. The summed E-state index contributed by atoms with van der Waals surface area (Å²) in [6.45, 7) is 4.41. The van der Waals surface area contributed by atoms with Gasteiger partial charge in [-0.2, -0.15) is 0 Å². The molecule has 1 aliphatic heterocycles. The third-order valence-electron chi connectivity index (χ3n) is 3.86. The van der Waals surface area contributed by atoms with E-state index in [0.717, 1.165) is 36.1 Å². The van der Waals surface area contributed by atoms with Gasteiger partial charge in [-0.15, -0.1) is 0 Å². The van der Waals surface area contributed by atoms with Gasteiger partial charge in [-0.05, 0) is 18.8 Å². The van der Waals surface area contributed by atoms with Crippen LogP contribution in [0.4, 0.5) is 11.4 Å². The zero-order valence-corrected chi connectivity index (χ0v) is 12.1. The summed E-state index contributed by atoms with van der Waals surface area (Å²) in [4.78, 5) is 2.36. The van der Waals surface area contributed by atoms with E-state index in [9.17, 15) is 0 Å². The summed E-state index contributed by atoms with van der Waals surface area (Å²) >= 11 is 0. The fraction of sp³-hybridized carbons (Fsp3) is 0.600. The van der Waals surface area contributed by atoms with Gasteiger partial charge in [0.2, 0.25) is 0 Å². The predicted molar refractivity (Wildman–Crippen MR) is 79.2 cm³/mol. The number of nitrogens with two attached hydrogens (primary N) is 1. The Morgan fingerprint density at radius 1 is 1.26 bits per heavy atom. The van der Waals surface area contributed by atoms with Crippen LogP contribution in [-0.2, 0) is 0 Å². The molecule has 19 heavy (non-hydrogen) atoms. The van der Waals surface area contributed by atoms with Crippen molar-refractivity contribution in [1.29, 1.82) is 0 Å². The average molecular weight is 264 g/mol. The second-order valence-corrected chi connectivity index (χ2v) is 5.16. The molecule has 0 aliphatic carbocycles. The number of hydrogen-bond acceptors (Lipinski definition) is 4. The number of benzene rings is 1. The van der Waals surface area contributed by atoms with Gasteiger partial charge in [0.15, 0.2) is 11.5 Å². The van der Waals surface area contributed by atoms with Crippen LogP contribution in [0.15, 0.2) is 12.1 Å². The lowest BCUT2D eigenvalue weighted by Crippen LogP contribution is -2.21. The molecule has 4 heteroatoms. The highest BCUT2D eigenvalue weighted by molar-refractivity contribution is 5.73. The minimum atomic E-state index is 0.688. The molecule has 0 bridgehead atoms. The van der Waals surface area contributed by atoms with E-state index in [4.69, 9.17) is 15.2 Å². The first kappa shape index (κ1) is 13.8. The number of rotatable bonds is 5. The Kier molecular flexibility index (Phi) is 4.40. The largest absolute Gasteiger partial charge is 0.493 e. The summed E-state index contributed by atoms with van der Waals surface area (Å²) in [5, 5.41) is 0. The van der Waals surface area contributed by atoms with E-state index in [1.807, 2.05) is 12.1 Å². The van der Waals surface area contributed by atoms with Crippen LogP contribution in [0.1, 0.15) is 26.2 Å². The van der Waals surface area contributed by atoms with Crippen LogP contribution in [0.25, 0.3) is 0 Å². The smallest absolute Gasteiger partial charge is 0.162 e. The number of methoxy groups -OCH3 is 2. The summed E-state index contributed by atoms with van der Waals surface area (Å²) < 4.78 is 10.6. The molecule has 1 fully saturated rings. The highest BCUT2D eigenvalue weighted by Crippen LogP contribution is 2.38. The van der Waals surface area contributed by atoms with Gasteiger partial charge in [-0.1, -0.05) is 13.3 Å². The molecule has 1 atom stereocenters. The zero-order chi connectivity index (χ0) is 13.8. The maximum absolute atomic E-state index is 6.14. The predicted octanol–water partition coefficient (Wildman–Crippen LogP) is 2.91. The van der Waals surface area contributed by atoms with Gasteiger partial charge in [-0.25, -0.2) is 0 Å². The monoisotopic (exact) mass is 264 g/mol. The molecular weight excluding hydrogens is 240 g/mol. The summed E-state index contributed by atoms with van der Waals surface area (Å²) in [6.07, 6.45) is 3.80. The number of ether oxygens (including phenoxy) is 2. The maximum atomic E-state index is 6.14. The minimum absolute atomic E-state index is 0.688. The van der Waals surface area contributed by atoms with Gasteiger partial charge in [0, 0.05) is 25.2 Å². The normalized spacial score (nSPS) is 18.7. The molecule has 4 nitrogen and oxygen atoms in total. The van der Waals surface area contributed by atoms with Crippen LogP contribution in [0.3, 0.4) is 0 Å². The molecule has 1 aliphatic rings. The summed E-state index contributed by atoms with van der Waals surface area (Å²) in [7, 11) is 3.28. The first-order valence-corrected chi connectivity index (χ1v) is 6.96. The molecule has 0 aromatic heterocycles. The van der Waals surface area contributed by atoms with E-state index in [-0.39, 0.29) is 0 Å². The number of hydrogen-bond donors (Lipinski definition) is 1. The van der Waals surface area contributed by atoms with E-state index >= 15 is 0 Å². The van der Waals surface area contributed by atoms with Gasteiger partial charge in [0.05, 0.1) is 25.6 Å². The van der Waals surface area contributed by atoms with Crippen molar-refractivity contribution in [2.24, 2.45) is 5.92 Å². The molecule has 2 rings (SSSR count). The molecule has 1 aromatic carbocycles. The van der Waals surface area contributed by atoms with Gasteiger partial charge in [-0.3, -0.25) is 0 Å². The Hall–Kier alpha value is -1.58. The summed E-state index contributed by atoms with van der Waals surface area (Å²) in [6, 6.07) is 3.84. The van der Waals surface area contributed by atoms with Crippen LogP contribution in [0.5, 0.6) is 11.5 Å². The Morgan fingerprint density at radius 2 is 1.95 bits per heavy atom. The van der Waals surface area contributed by atoms with E-state index in [1.165, 1.54) is 19.3 Å². The SMILES string of the molecule is CCCC1CCN(c2cc(OC)c(OC)cc2N)C1. The Balaban J connectivity index is 2.21. The second kappa shape index (κ2) is 6.04. The third kappa shape index (κ3) is 2.88. The lowest BCUT2D eigenvalue weighted by Gasteiger charge is -2.22. The molecule has 1 saturated heterocycles. The Bertz CT molecular complexity index is 434. The third-order valence-corrected chi connectivity index (χ3v) is 3.86. The van der Waals surface area contributed by atoms with Crippen molar-refractivity contribution < 1.29 is 9.47 Å². The van der Waals surface area contributed by atoms with Crippen LogP contribution >= 0.6 is 0 Å². The van der Waals surface area contributed by atoms with Crippen molar-refractivity contribution >= 4 is 11.4 Å². The topological polar surface area (TPSA) is 47.7 Å². The van der Waals surface area contributed by atoms with E-state index in [2.05, 4.69) is 11.8 Å². The fourth-order valence-electron chi connectivity index (χ4n) is 2.85. The maximum Gasteiger partial charge on any atom is 0.162 e. The molecule has 0 amide bonds. The highest BCUT2D eigenvalue weighted by Gasteiger charge is 2.24. The van der Waals surface area contributed by atoms with Gasteiger partial charge in [0.1, 0.15) is 0 Å². The number of nitrogens with zero attached hydrogens (tertiary/aromatic N) is 1. The summed E-state index contributed by atoms with van der Waals surface area (Å²) in [5.41, 5.74) is 7.97. The van der Waals surface area contributed by atoms with Gasteiger partial charge in [0.25, 0.3) is 0 Å². The summed E-state index contributed by atoms with van der Waals surface area (Å²) in [5.74, 6) is 2.22. The molecule has 1 heterocycles. The zero-order valence-electron chi connectivity index (χ0n) is 12.1. The number of nitrogen functional groups attached to an aromatic ring is 1. The average Bonchev–Trinajstić information content (AvgIpc) is 2.87. The Morgan fingerprint density at radius 3 is 2.58 bits per heavy atom. The van der Waals surface area contributed by atoms with Crippen molar-refractivity contribution in [2.45, 2.75) is 26.2 Å². The molecule has 0 radical (unpaired) electrons. The minimum Gasteiger partial charge on any atom is -0.493 e. The quantitative estimate of drug-likeness (QED) is 0.831. The van der Waals surface area contributed by atoms with E-state index in [0.29, 0.717) is 5.75 Å². The first-order chi connectivity index (χ1) is 9.19. The molecule has 2 N–H and O–H groups in total. The fourth-order valence-corrected chi connectivity index (χ4v) is 2.85. The lowest BCUT2D eigenvalue weighted by molar-refractivity contribution is 0.355. The molecule has 1 unspecified atom stereocenters. The van der Waals surface area contributed by atoms with Crippen LogP contribution in [0.2, 0.25) is 0 Å². The van der Waals surface area contributed by atoms with Gasteiger partial charge < -0.3 is 20.1 Å². The van der Waals surface area contributed by atoms with Crippen LogP contribution in [0, 0.1) is 5.92 Å². The highest BCUT2D eigenvalue weighted by atomic mass is 16.5. The van der Waals surface area contributed by atoms with Crippen molar-refractivity contribution in [3.63, 3.8) is 0 Å². The molecule has 106 valence electrons. The number of anilines is 2. The lowest BCUT2D eigenvalue weighted by atomic mass is 10.0. The molecule has 0 spiro atoms. The molecule has 1 aromatic rings. The molecule has 0 saturated carbocycles. The van der Waals surface area contributed by atoms with Crippen LogP contribution < -0.4 is 20.1 Å². The van der Waals surface area contributed by atoms with Crippen molar-refractivity contribution in [2.75, 3.05) is 37.9 Å². The van der Waals surface area contributed by atoms with Gasteiger partial charge >= 0.3 is 0 Å². The first-order valence-electron chi connectivity index (χ1n) is 6.96. The standard InChI is InChI=1S/C15H24N2O2/c1-4-5-11-6-7-17(10-11)13-9-15(19-3)14(18-2)8-12(13)16/h8-9,11H,4-7,10,16H2,1-3H3. The van der Waals surface area contributed by atoms with Crippen LogP contribution in [-0.4, -0.2) is 27.3 Å². The van der Waals surface area contributed by atoms with E-state index in [1.54, 1.807) is 14.2 Å². The van der Waals surface area contributed by atoms with E-state index < -0.39 is 0 Å².